The van der Waals surface area contributed by atoms with E-state index in [-0.39, 0.29) is 0 Å². The molecule has 0 amide bonds. The summed E-state index contributed by atoms with van der Waals surface area (Å²) in [6.45, 7) is 13.6. The molecule has 0 aliphatic carbocycles. The molecule has 1 aromatic rings. The van der Waals surface area contributed by atoms with Crippen LogP contribution in [-0.4, -0.2) is 8.07 Å². The number of benzene rings is 1. The Morgan fingerprint density at radius 1 is 1.00 bits per heavy atom. The van der Waals surface area contributed by atoms with Gasteiger partial charge in [0.1, 0.15) is 8.07 Å². The Bertz CT molecular complexity index is 423. The first kappa shape index (κ1) is 15.1. The van der Waals surface area contributed by atoms with Gasteiger partial charge in [0, 0.05) is 5.92 Å². The summed E-state index contributed by atoms with van der Waals surface area (Å²) >= 11 is 0. The summed E-state index contributed by atoms with van der Waals surface area (Å²) in [4.78, 5) is 0. The average molecular weight is 258 g/mol. The maximum absolute atomic E-state index is 3.46. The summed E-state index contributed by atoms with van der Waals surface area (Å²) in [5.74, 6) is 4.48. The zero-order chi connectivity index (χ0) is 13.8. The van der Waals surface area contributed by atoms with E-state index in [1.54, 1.807) is 0 Å². The van der Waals surface area contributed by atoms with Crippen molar-refractivity contribution in [3.05, 3.63) is 35.4 Å². The largest absolute Gasteiger partial charge is 0.131 e. The summed E-state index contributed by atoms with van der Waals surface area (Å²) in [5.41, 5.74) is 6.23. The molecular formula is C17H26Si. The van der Waals surface area contributed by atoms with Crippen LogP contribution in [0.5, 0.6) is 0 Å². The molecule has 0 saturated heterocycles. The number of hydrogen-bond acceptors (Lipinski definition) is 0. The van der Waals surface area contributed by atoms with Crippen LogP contribution in [0.2, 0.25) is 19.6 Å². The Labute approximate surface area is 114 Å². The lowest BCUT2D eigenvalue weighted by atomic mass is 9.97. The molecule has 98 valence electrons. The molecule has 0 heterocycles. The third kappa shape index (κ3) is 5.56. The summed E-state index contributed by atoms with van der Waals surface area (Å²) in [6.07, 6.45) is 1.16. The van der Waals surface area contributed by atoms with Gasteiger partial charge in [0.05, 0.1) is 0 Å². The van der Waals surface area contributed by atoms with Crippen molar-refractivity contribution in [3.8, 4) is 11.5 Å². The molecular weight excluding hydrogens is 232 g/mol. The van der Waals surface area contributed by atoms with Crippen LogP contribution in [0.15, 0.2) is 24.3 Å². The van der Waals surface area contributed by atoms with Crippen LogP contribution in [0.4, 0.5) is 0 Å². The van der Waals surface area contributed by atoms with E-state index in [2.05, 4.69) is 76.1 Å². The van der Waals surface area contributed by atoms with Gasteiger partial charge in [-0.1, -0.05) is 57.8 Å². The van der Waals surface area contributed by atoms with Crippen LogP contribution in [0.3, 0.4) is 0 Å². The summed E-state index contributed by atoms with van der Waals surface area (Å²) in [5, 5.41) is 0. The van der Waals surface area contributed by atoms with Crippen molar-refractivity contribution in [2.45, 2.75) is 52.8 Å². The third-order valence-electron chi connectivity index (χ3n) is 2.79. The zero-order valence-corrected chi connectivity index (χ0v) is 13.7. The molecule has 0 N–H and O–H groups in total. The Morgan fingerprint density at radius 2 is 1.56 bits per heavy atom. The van der Waals surface area contributed by atoms with E-state index in [9.17, 15) is 0 Å². The zero-order valence-electron chi connectivity index (χ0n) is 12.7. The predicted molar refractivity (Wildman–Crippen MR) is 84.5 cm³/mol. The molecule has 0 aliphatic heterocycles. The van der Waals surface area contributed by atoms with Gasteiger partial charge in [0.2, 0.25) is 0 Å². The first-order valence-electron chi connectivity index (χ1n) is 6.89. The average Bonchev–Trinajstić information content (AvgIpc) is 2.25. The van der Waals surface area contributed by atoms with E-state index in [1.165, 1.54) is 11.1 Å². The first-order valence-corrected chi connectivity index (χ1v) is 10.4. The van der Waals surface area contributed by atoms with E-state index in [4.69, 9.17) is 0 Å². The molecule has 1 rings (SSSR count). The molecule has 0 unspecified atom stereocenters. The van der Waals surface area contributed by atoms with Crippen LogP contribution in [0, 0.1) is 17.4 Å². The van der Waals surface area contributed by atoms with Crippen LogP contribution in [-0.2, 0) is 6.42 Å². The molecule has 0 fully saturated rings. The molecule has 18 heavy (non-hydrogen) atoms. The molecule has 0 bridgehead atoms. The van der Waals surface area contributed by atoms with Crippen molar-refractivity contribution in [2.24, 2.45) is 5.92 Å². The lowest BCUT2D eigenvalue weighted by molar-refractivity contribution is 0.647. The van der Waals surface area contributed by atoms with Gasteiger partial charge in [-0.15, -0.1) is 11.5 Å². The van der Waals surface area contributed by atoms with Crippen molar-refractivity contribution >= 4 is 8.07 Å². The summed E-state index contributed by atoms with van der Waals surface area (Å²) in [6, 6.07) is 8.98. The molecule has 1 aromatic carbocycles. The number of rotatable bonds is 3. The fourth-order valence-electron chi connectivity index (χ4n) is 1.82. The topological polar surface area (TPSA) is 0 Å². The molecule has 0 spiro atoms. The van der Waals surface area contributed by atoms with Gasteiger partial charge in [-0.25, -0.2) is 0 Å². The highest BCUT2D eigenvalue weighted by Crippen LogP contribution is 2.17. The minimum atomic E-state index is -1.25. The number of hydrogen-bond donors (Lipinski definition) is 0. The monoisotopic (exact) mass is 258 g/mol. The van der Waals surface area contributed by atoms with Crippen LogP contribution in [0.1, 0.15) is 37.8 Å². The second-order valence-electron chi connectivity index (χ2n) is 6.58. The molecule has 1 heteroatoms. The van der Waals surface area contributed by atoms with Gasteiger partial charge in [0.15, 0.2) is 0 Å². The highest BCUT2D eigenvalue weighted by atomic mass is 28.3. The molecule has 0 saturated carbocycles. The molecule has 1 atom stereocenters. The minimum absolute atomic E-state index is 0.352. The van der Waals surface area contributed by atoms with E-state index in [0.717, 1.165) is 12.3 Å². The lowest BCUT2D eigenvalue weighted by Crippen LogP contribution is -2.16. The summed E-state index contributed by atoms with van der Waals surface area (Å²) in [7, 11) is -1.25. The van der Waals surface area contributed by atoms with Gasteiger partial charge in [-0.2, -0.15) is 0 Å². The Hall–Kier alpha value is -1.00. The van der Waals surface area contributed by atoms with Gasteiger partial charge in [-0.3, -0.25) is 0 Å². The second kappa shape index (κ2) is 6.25. The Morgan fingerprint density at radius 3 is 2.00 bits per heavy atom. The van der Waals surface area contributed by atoms with Crippen LogP contribution < -0.4 is 0 Å². The molecule has 0 aromatic heterocycles. The lowest BCUT2D eigenvalue weighted by Gasteiger charge is -2.09. The fraction of sp³-hybridized carbons (Fsp3) is 0.529. The van der Waals surface area contributed by atoms with Gasteiger partial charge in [0.25, 0.3) is 0 Å². The standard InChI is InChI=1S/C17H26Si/c1-14(2)13-16-7-9-17(10-8-16)15(3)11-12-18(4,5)6/h7-10,14-15H,13H2,1-6H3/t15-/m0/s1. The first-order chi connectivity index (χ1) is 8.28. The Balaban J connectivity index is 2.75. The van der Waals surface area contributed by atoms with Gasteiger partial charge < -0.3 is 0 Å². The summed E-state index contributed by atoms with van der Waals surface area (Å²) < 4.78 is 0. The Kier molecular flexibility index (Phi) is 5.23. The highest BCUT2D eigenvalue weighted by Gasteiger charge is 2.09. The fourth-order valence-corrected chi connectivity index (χ4v) is 2.47. The smallest absolute Gasteiger partial charge is 0.129 e. The third-order valence-corrected chi connectivity index (χ3v) is 3.68. The second-order valence-corrected chi connectivity index (χ2v) is 11.3. The van der Waals surface area contributed by atoms with Gasteiger partial charge >= 0.3 is 0 Å². The van der Waals surface area contributed by atoms with Crippen molar-refractivity contribution in [2.75, 3.05) is 0 Å². The van der Waals surface area contributed by atoms with Gasteiger partial charge in [-0.05, 0) is 30.4 Å². The van der Waals surface area contributed by atoms with E-state index < -0.39 is 8.07 Å². The molecule has 0 nitrogen and oxygen atoms in total. The van der Waals surface area contributed by atoms with E-state index >= 15 is 0 Å². The SMILES string of the molecule is CC(C)Cc1ccc([C@@H](C)C#C[Si](C)(C)C)cc1. The van der Waals surface area contributed by atoms with Crippen molar-refractivity contribution in [3.63, 3.8) is 0 Å². The predicted octanol–water partition coefficient (Wildman–Crippen LogP) is 4.87. The minimum Gasteiger partial charge on any atom is -0.131 e. The van der Waals surface area contributed by atoms with E-state index in [1.807, 2.05) is 0 Å². The quantitative estimate of drug-likeness (QED) is 0.536. The maximum Gasteiger partial charge on any atom is 0.129 e. The molecule has 0 radical (unpaired) electrons. The normalized spacial score (nSPS) is 13.1. The van der Waals surface area contributed by atoms with Crippen molar-refractivity contribution < 1.29 is 0 Å². The van der Waals surface area contributed by atoms with Crippen molar-refractivity contribution in [1.29, 1.82) is 0 Å². The maximum atomic E-state index is 3.46. The van der Waals surface area contributed by atoms with Crippen LogP contribution in [0.25, 0.3) is 0 Å². The molecule has 0 aliphatic rings. The van der Waals surface area contributed by atoms with Crippen LogP contribution >= 0.6 is 0 Å². The van der Waals surface area contributed by atoms with E-state index in [0.29, 0.717) is 5.92 Å². The van der Waals surface area contributed by atoms with Crippen molar-refractivity contribution in [1.82, 2.24) is 0 Å². The highest BCUT2D eigenvalue weighted by molar-refractivity contribution is 6.83.